The Morgan fingerprint density at radius 1 is 0.778 bits per heavy atom. The number of benzene rings is 4. The van der Waals surface area contributed by atoms with Crippen LogP contribution in [-0.4, -0.2) is 87.0 Å². The van der Waals surface area contributed by atoms with Gasteiger partial charge in [-0.05, 0) is 130 Å². The molecular formula is C50H52F3N7O2S. The number of aryl methyl sites for hydroxylation is 3. The van der Waals surface area contributed by atoms with E-state index in [1.807, 2.05) is 13.0 Å². The summed E-state index contributed by atoms with van der Waals surface area (Å²) in [5.74, 6) is -1.39. The predicted molar refractivity (Wildman–Crippen MR) is 243 cm³/mol. The highest BCUT2D eigenvalue weighted by atomic mass is 32.1. The first kappa shape index (κ1) is 41.5. The van der Waals surface area contributed by atoms with Crippen LogP contribution in [0.5, 0.6) is 5.75 Å². The first-order valence-corrected chi connectivity index (χ1v) is 22.9. The van der Waals surface area contributed by atoms with Gasteiger partial charge in [-0.3, -0.25) is 14.5 Å². The number of fused-ring (bicyclic) bond motifs is 4. The Morgan fingerprint density at radius 3 is 2.24 bits per heavy atom. The Bertz CT molecular complexity index is 2730. The number of aromatic hydroxyl groups is 1. The van der Waals surface area contributed by atoms with E-state index in [4.69, 9.17) is 4.99 Å². The summed E-state index contributed by atoms with van der Waals surface area (Å²) in [6.07, 6.45) is 2.37. The fourth-order valence-electron chi connectivity index (χ4n) is 10.5. The standard InChI is InChI=1S/C50H52F3N7O2S/c1-29-31(3)63-49-44(29)47(54-30(2)48-56-55-32(4)60(48)49)33-8-11-35(12-9-33)58-20-18-50(62,19-21-58)28-57-22-24-59(25-23-57)36-13-16-41(43(52)27-36)45-38-17-14-37(61)26-34(38)10-15-39(45)40-6-5-7-42(51)46(40)53/h5-9,11-14,16-17,26-27,30,39,45,61-62H,10,15,18-25,28H2,1-4H3/t30-,39-,45-/m0/s1. The normalized spacial score (nSPS) is 21.1. The second kappa shape index (κ2) is 16.2. The Kier molecular flexibility index (Phi) is 10.7. The molecule has 4 aliphatic rings. The van der Waals surface area contributed by atoms with Crippen molar-refractivity contribution in [3.8, 4) is 10.8 Å². The Balaban J connectivity index is 0.777. The lowest BCUT2D eigenvalue weighted by molar-refractivity contribution is -0.0173. The highest BCUT2D eigenvalue weighted by molar-refractivity contribution is 7.15. The molecule has 9 nitrogen and oxygen atoms in total. The Labute approximate surface area is 370 Å². The summed E-state index contributed by atoms with van der Waals surface area (Å²) in [6, 6.07) is 23.1. The maximum Gasteiger partial charge on any atom is 0.162 e. The minimum atomic E-state index is -0.917. The first-order valence-electron chi connectivity index (χ1n) is 22.1. The van der Waals surface area contributed by atoms with E-state index in [2.05, 4.69) is 74.5 Å². The summed E-state index contributed by atoms with van der Waals surface area (Å²) in [5, 5.41) is 32.0. The lowest BCUT2D eigenvalue weighted by Crippen LogP contribution is -2.55. The van der Waals surface area contributed by atoms with Crippen LogP contribution in [0.1, 0.15) is 99.5 Å². The van der Waals surface area contributed by atoms with Gasteiger partial charge in [-0.1, -0.05) is 36.4 Å². The summed E-state index contributed by atoms with van der Waals surface area (Å²) < 4.78 is 48.2. The van der Waals surface area contributed by atoms with Gasteiger partial charge in [0, 0.05) is 79.1 Å². The minimum absolute atomic E-state index is 0.125. The maximum absolute atomic E-state index is 16.4. The number of aromatic nitrogens is 3. The summed E-state index contributed by atoms with van der Waals surface area (Å²) in [7, 11) is 0. The van der Waals surface area contributed by atoms with Crippen molar-refractivity contribution in [2.24, 2.45) is 4.99 Å². The topological polar surface area (TPSA) is 93.2 Å². The molecule has 4 aromatic carbocycles. The third-order valence-electron chi connectivity index (χ3n) is 14.1. The molecule has 0 radical (unpaired) electrons. The van der Waals surface area contributed by atoms with Crippen molar-refractivity contribution in [3.05, 3.63) is 152 Å². The number of hydrogen-bond acceptors (Lipinski definition) is 9. The van der Waals surface area contributed by atoms with Crippen LogP contribution in [0.25, 0.3) is 5.00 Å². The van der Waals surface area contributed by atoms with E-state index in [-0.39, 0.29) is 17.4 Å². The van der Waals surface area contributed by atoms with E-state index in [1.54, 1.807) is 47.7 Å². The predicted octanol–water partition coefficient (Wildman–Crippen LogP) is 9.30. The van der Waals surface area contributed by atoms with Crippen LogP contribution in [0.3, 0.4) is 0 Å². The fraction of sp³-hybridized carbons (Fsp3) is 0.380. The smallest absolute Gasteiger partial charge is 0.162 e. The number of piperazine rings is 1. The third kappa shape index (κ3) is 7.51. The van der Waals surface area contributed by atoms with Crippen molar-refractivity contribution in [2.45, 2.75) is 76.9 Å². The monoisotopic (exact) mass is 871 g/mol. The lowest BCUT2D eigenvalue weighted by atomic mass is 9.69. The summed E-state index contributed by atoms with van der Waals surface area (Å²) in [4.78, 5) is 13.3. The van der Waals surface area contributed by atoms with Crippen molar-refractivity contribution in [3.63, 3.8) is 0 Å². The first-order chi connectivity index (χ1) is 30.4. The number of nitrogens with zero attached hydrogens (tertiary/aromatic N) is 7. The molecule has 6 aromatic rings. The Hall–Kier alpha value is -5.50. The molecule has 1 aliphatic carbocycles. The van der Waals surface area contributed by atoms with Gasteiger partial charge in [0.25, 0.3) is 0 Å². The van der Waals surface area contributed by atoms with Gasteiger partial charge in [0.05, 0.1) is 11.3 Å². The van der Waals surface area contributed by atoms with Crippen molar-refractivity contribution in [2.75, 3.05) is 55.6 Å². The maximum atomic E-state index is 16.4. The molecule has 10 rings (SSSR count). The van der Waals surface area contributed by atoms with E-state index in [9.17, 15) is 14.6 Å². The van der Waals surface area contributed by atoms with Crippen molar-refractivity contribution in [1.82, 2.24) is 19.7 Å². The zero-order valence-electron chi connectivity index (χ0n) is 36.1. The van der Waals surface area contributed by atoms with Crippen LogP contribution >= 0.6 is 11.3 Å². The van der Waals surface area contributed by atoms with Gasteiger partial charge in [0.2, 0.25) is 0 Å². The number of aliphatic imine (C=N–C) groups is 1. The number of hydrogen-bond donors (Lipinski definition) is 2. The molecule has 0 saturated carbocycles. The van der Waals surface area contributed by atoms with Crippen LogP contribution in [0, 0.1) is 38.2 Å². The second-order valence-electron chi connectivity index (χ2n) is 17.9. The van der Waals surface area contributed by atoms with Gasteiger partial charge >= 0.3 is 0 Å². The lowest BCUT2D eigenvalue weighted by Gasteiger charge is -2.44. The van der Waals surface area contributed by atoms with Gasteiger partial charge in [-0.2, -0.15) is 0 Å². The number of piperidine rings is 1. The SMILES string of the molecule is Cc1sc2c(c1C)C(c1ccc(N3CCC(O)(CN4CCN(c5ccc([C@H]6c7ccc(O)cc7CC[C@H]6c6cccc(F)c6F)c(F)c5)CC4)CC3)cc1)=N[C@@H](C)c1nnc(C)n1-2. The molecule has 13 heteroatoms. The van der Waals surface area contributed by atoms with E-state index < -0.39 is 34.9 Å². The molecule has 2 saturated heterocycles. The van der Waals surface area contributed by atoms with Gasteiger partial charge in [-0.25, -0.2) is 13.2 Å². The minimum Gasteiger partial charge on any atom is -0.508 e. The van der Waals surface area contributed by atoms with Gasteiger partial charge in [-0.15, -0.1) is 21.5 Å². The van der Waals surface area contributed by atoms with Crippen molar-refractivity contribution >= 4 is 28.4 Å². The highest BCUT2D eigenvalue weighted by Gasteiger charge is 2.38. The van der Waals surface area contributed by atoms with Crippen LogP contribution in [0.4, 0.5) is 24.5 Å². The quantitative estimate of drug-likeness (QED) is 0.165. The zero-order valence-corrected chi connectivity index (χ0v) is 36.9. The summed E-state index contributed by atoms with van der Waals surface area (Å²) in [6.45, 7) is 13.3. The number of anilines is 2. The Morgan fingerprint density at radius 2 is 1.49 bits per heavy atom. The molecule has 0 amide bonds. The van der Waals surface area contributed by atoms with Gasteiger partial charge in [0.15, 0.2) is 17.5 Å². The van der Waals surface area contributed by atoms with Crippen molar-refractivity contribution < 1.29 is 23.4 Å². The van der Waals surface area contributed by atoms with Crippen LogP contribution in [-0.2, 0) is 6.42 Å². The van der Waals surface area contributed by atoms with E-state index in [1.165, 1.54) is 16.5 Å². The van der Waals surface area contributed by atoms with Crippen molar-refractivity contribution in [1.29, 1.82) is 0 Å². The summed E-state index contributed by atoms with van der Waals surface area (Å²) >= 11 is 1.76. The molecule has 0 bridgehead atoms. The van der Waals surface area contributed by atoms with E-state index >= 15 is 8.78 Å². The number of halogens is 3. The highest BCUT2D eigenvalue weighted by Crippen LogP contribution is 2.49. The summed E-state index contributed by atoms with van der Waals surface area (Å²) in [5.41, 5.74) is 7.88. The molecule has 2 aromatic heterocycles. The molecule has 63 heavy (non-hydrogen) atoms. The van der Waals surface area contributed by atoms with E-state index in [0.717, 1.165) is 88.2 Å². The molecular weight excluding hydrogens is 820 g/mol. The zero-order chi connectivity index (χ0) is 43.7. The number of rotatable bonds is 7. The van der Waals surface area contributed by atoms with Crippen LogP contribution < -0.4 is 9.80 Å². The average Bonchev–Trinajstić information content (AvgIpc) is 3.77. The molecule has 2 fully saturated rings. The number of thiophene rings is 1. The molecule has 326 valence electrons. The molecule has 0 unspecified atom stereocenters. The van der Waals surface area contributed by atoms with Crippen LogP contribution in [0.2, 0.25) is 0 Å². The molecule has 3 aliphatic heterocycles. The second-order valence-corrected chi connectivity index (χ2v) is 19.1. The number of aliphatic hydroxyl groups is 1. The van der Waals surface area contributed by atoms with Gasteiger partial charge < -0.3 is 20.0 Å². The number of β-amino-alcohol motifs (C(OH)–C–C–N with tert-alkyl or cyclic N) is 1. The van der Waals surface area contributed by atoms with Crippen LogP contribution in [0.15, 0.2) is 83.9 Å². The molecule has 0 spiro atoms. The number of phenols is 1. The molecule has 3 atom stereocenters. The fourth-order valence-corrected chi connectivity index (χ4v) is 11.7. The van der Waals surface area contributed by atoms with E-state index in [0.29, 0.717) is 50.9 Å². The molecule has 2 N–H and O–H groups in total. The third-order valence-corrected chi connectivity index (χ3v) is 15.3. The molecule has 5 heterocycles. The largest absolute Gasteiger partial charge is 0.508 e. The number of phenolic OH excluding ortho intramolecular Hbond substituents is 1. The van der Waals surface area contributed by atoms with Gasteiger partial charge in [0.1, 0.15) is 28.4 Å². The average molecular weight is 872 g/mol.